The Morgan fingerprint density at radius 2 is 2.16 bits per heavy atom. The van der Waals surface area contributed by atoms with Gasteiger partial charge in [0, 0.05) is 22.9 Å². The number of H-pyrrole nitrogens is 1. The zero-order valence-electron chi connectivity index (χ0n) is 9.90. The summed E-state index contributed by atoms with van der Waals surface area (Å²) in [4.78, 5) is 27.6. The third-order valence-electron chi connectivity index (χ3n) is 2.41. The highest BCUT2D eigenvalue weighted by Gasteiger charge is 2.08. The summed E-state index contributed by atoms with van der Waals surface area (Å²) >= 11 is 0. The SMILES string of the molecule is COc1ccc(N=[N+]=[N-])cc1-n1ccc(=O)[nH]c1=O. The van der Waals surface area contributed by atoms with Crippen molar-refractivity contribution in [2.75, 3.05) is 7.11 Å². The number of azide groups is 1. The summed E-state index contributed by atoms with van der Waals surface area (Å²) in [5, 5.41) is 3.45. The molecule has 1 N–H and O–H groups in total. The van der Waals surface area contributed by atoms with Gasteiger partial charge < -0.3 is 4.74 Å². The maximum Gasteiger partial charge on any atom is 0.333 e. The predicted molar refractivity (Wildman–Crippen MR) is 68.0 cm³/mol. The second-order valence-electron chi connectivity index (χ2n) is 3.53. The number of methoxy groups -OCH3 is 1. The van der Waals surface area contributed by atoms with E-state index < -0.39 is 11.2 Å². The molecule has 0 unspecified atom stereocenters. The van der Waals surface area contributed by atoms with Gasteiger partial charge in [-0.05, 0) is 23.7 Å². The van der Waals surface area contributed by atoms with Crippen LogP contribution in [-0.2, 0) is 0 Å². The summed E-state index contributed by atoms with van der Waals surface area (Å²) in [6.45, 7) is 0. The summed E-state index contributed by atoms with van der Waals surface area (Å²) in [7, 11) is 1.45. The van der Waals surface area contributed by atoms with E-state index in [1.807, 2.05) is 0 Å². The van der Waals surface area contributed by atoms with Gasteiger partial charge in [0.25, 0.3) is 5.56 Å². The molecule has 0 atom stereocenters. The average molecular weight is 259 g/mol. The first-order valence-electron chi connectivity index (χ1n) is 5.21. The van der Waals surface area contributed by atoms with Crippen LogP contribution in [0.5, 0.6) is 5.75 Å². The first-order chi connectivity index (χ1) is 9.15. The van der Waals surface area contributed by atoms with Crippen LogP contribution in [0.15, 0.2) is 45.2 Å². The van der Waals surface area contributed by atoms with E-state index in [-0.39, 0.29) is 0 Å². The molecular weight excluding hydrogens is 250 g/mol. The van der Waals surface area contributed by atoms with Crippen molar-refractivity contribution in [2.24, 2.45) is 5.11 Å². The largest absolute Gasteiger partial charge is 0.495 e. The summed E-state index contributed by atoms with van der Waals surface area (Å²) in [6, 6.07) is 5.81. The minimum Gasteiger partial charge on any atom is -0.495 e. The number of aromatic nitrogens is 2. The van der Waals surface area contributed by atoms with Crippen LogP contribution < -0.4 is 16.0 Å². The van der Waals surface area contributed by atoms with E-state index in [9.17, 15) is 9.59 Å². The van der Waals surface area contributed by atoms with Gasteiger partial charge in [-0.2, -0.15) is 0 Å². The van der Waals surface area contributed by atoms with Gasteiger partial charge >= 0.3 is 5.69 Å². The van der Waals surface area contributed by atoms with Crippen molar-refractivity contribution in [1.29, 1.82) is 0 Å². The van der Waals surface area contributed by atoms with Gasteiger partial charge in [0.05, 0.1) is 12.8 Å². The smallest absolute Gasteiger partial charge is 0.333 e. The van der Waals surface area contributed by atoms with Crippen molar-refractivity contribution < 1.29 is 4.74 Å². The second-order valence-corrected chi connectivity index (χ2v) is 3.53. The molecular formula is C11H9N5O3. The summed E-state index contributed by atoms with van der Waals surface area (Å²) in [6.07, 6.45) is 1.32. The lowest BCUT2D eigenvalue weighted by Crippen LogP contribution is -2.27. The Balaban J connectivity index is 2.71. The standard InChI is InChI=1S/C11H9N5O3/c1-19-9-3-2-7(14-15-12)6-8(9)16-5-4-10(17)13-11(16)18/h2-6H,1H3,(H,13,17,18). The Morgan fingerprint density at radius 1 is 1.37 bits per heavy atom. The highest BCUT2D eigenvalue weighted by Crippen LogP contribution is 2.26. The van der Waals surface area contributed by atoms with Crippen molar-refractivity contribution in [3.63, 3.8) is 0 Å². The number of nitrogens with one attached hydrogen (secondary N) is 1. The lowest BCUT2D eigenvalue weighted by atomic mass is 10.2. The third kappa shape index (κ3) is 2.48. The summed E-state index contributed by atoms with van der Waals surface area (Å²) in [5.74, 6) is 0.408. The average Bonchev–Trinajstić information content (AvgIpc) is 2.39. The number of benzene rings is 1. The first kappa shape index (κ1) is 12.5. The zero-order chi connectivity index (χ0) is 13.8. The Bertz CT molecular complexity index is 770. The fraction of sp³-hybridized carbons (Fsp3) is 0.0909. The van der Waals surface area contributed by atoms with E-state index in [0.717, 1.165) is 0 Å². The number of rotatable bonds is 3. The van der Waals surface area contributed by atoms with Crippen molar-refractivity contribution in [3.05, 3.63) is 61.7 Å². The Kier molecular flexibility index (Phi) is 3.35. The normalized spacial score (nSPS) is 9.74. The molecule has 0 saturated carbocycles. The molecule has 2 aromatic rings. The van der Waals surface area contributed by atoms with Crippen LogP contribution in [0.4, 0.5) is 5.69 Å². The van der Waals surface area contributed by atoms with Crippen LogP contribution in [0.1, 0.15) is 0 Å². The molecule has 0 amide bonds. The van der Waals surface area contributed by atoms with Crippen LogP contribution in [0, 0.1) is 0 Å². The zero-order valence-corrected chi connectivity index (χ0v) is 9.90. The molecule has 0 radical (unpaired) electrons. The van der Waals surface area contributed by atoms with E-state index >= 15 is 0 Å². The highest BCUT2D eigenvalue weighted by molar-refractivity contribution is 5.55. The molecule has 0 aliphatic carbocycles. The first-order valence-corrected chi connectivity index (χ1v) is 5.21. The Labute approximate surface area is 106 Å². The number of aromatic amines is 1. The molecule has 1 heterocycles. The van der Waals surface area contributed by atoms with Crippen LogP contribution in [0.25, 0.3) is 16.1 Å². The molecule has 1 aromatic carbocycles. The van der Waals surface area contributed by atoms with Crippen molar-refractivity contribution in [1.82, 2.24) is 9.55 Å². The van der Waals surface area contributed by atoms with E-state index in [1.165, 1.54) is 30.0 Å². The van der Waals surface area contributed by atoms with Gasteiger partial charge in [0.15, 0.2) is 0 Å². The van der Waals surface area contributed by atoms with Crippen LogP contribution in [0.3, 0.4) is 0 Å². The van der Waals surface area contributed by atoms with Gasteiger partial charge in [-0.15, -0.1) is 0 Å². The van der Waals surface area contributed by atoms with E-state index in [1.54, 1.807) is 12.1 Å². The molecule has 96 valence electrons. The second kappa shape index (κ2) is 5.11. The van der Waals surface area contributed by atoms with Crippen molar-refractivity contribution in [3.8, 4) is 11.4 Å². The van der Waals surface area contributed by atoms with Gasteiger partial charge in [0.2, 0.25) is 0 Å². The number of hydrogen-bond donors (Lipinski definition) is 1. The van der Waals surface area contributed by atoms with Crippen molar-refractivity contribution in [2.45, 2.75) is 0 Å². The Hall–Kier alpha value is -2.99. The van der Waals surface area contributed by atoms with Crippen LogP contribution in [0.2, 0.25) is 0 Å². The summed E-state index contributed by atoms with van der Waals surface area (Å²) in [5.41, 5.74) is 8.01. The lowest BCUT2D eigenvalue weighted by Gasteiger charge is -2.10. The molecule has 8 nitrogen and oxygen atoms in total. The molecule has 0 fully saturated rings. The van der Waals surface area contributed by atoms with E-state index in [0.29, 0.717) is 17.1 Å². The minimum atomic E-state index is -0.608. The molecule has 0 saturated heterocycles. The molecule has 0 bridgehead atoms. The van der Waals surface area contributed by atoms with Crippen molar-refractivity contribution >= 4 is 5.69 Å². The molecule has 0 aliphatic rings. The lowest BCUT2D eigenvalue weighted by molar-refractivity contribution is 0.412. The monoisotopic (exact) mass is 259 g/mol. The highest BCUT2D eigenvalue weighted by atomic mass is 16.5. The maximum atomic E-state index is 11.7. The molecule has 19 heavy (non-hydrogen) atoms. The molecule has 8 heteroatoms. The van der Waals surface area contributed by atoms with Gasteiger partial charge in [0.1, 0.15) is 5.75 Å². The van der Waals surface area contributed by atoms with E-state index in [4.69, 9.17) is 10.3 Å². The summed E-state index contributed by atoms with van der Waals surface area (Å²) < 4.78 is 6.32. The number of hydrogen-bond acceptors (Lipinski definition) is 4. The topological polar surface area (TPSA) is 113 Å². The van der Waals surface area contributed by atoms with Crippen LogP contribution >= 0.6 is 0 Å². The van der Waals surface area contributed by atoms with Crippen LogP contribution in [-0.4, -0.2) is 16.7 Å². The fourth-order valence-electron chi connectivity index (χ4n) is 1.59. The third-order valence-corrected chi connectivity index (χ3v) is 2.41. The fourth-order valence-corrected chi connectivity index (χ4v) is 1.59. The number of nitrogens with zero attached hydrogens (tertiary/aromatic N) is 4. The van der Waals surface area contributed by atoms with E-state index in [2.05, 4.69) is 15.0 Å². The predicted octanol–water partition coefficient (Wildman–Crippen LogP) is 1.48. The van der Waals surface area contributed by atoms with Gasteiger partial charge in [-0.3, -0.25) is 14.3 Å². The molecule has 1 aromatic heterocycles. The van der Waals surface area contributed by atoms with Gasteiger partial charge in [-0.25, -0.2) is 4.79 Å². The molecule has 2 rings (SSSR count). The maximum absolute atomic E-state index is 11.7. The number of ether oxygens (including phenoxy) is 1. The molecule has 0 aliphatic heterocycles. The quantitative estimate of drug-likeness (QED) is 0.511. The minimum absolute atomic E-state index is 0.330. The molecule has 0 spiro atoms. The van der Waals surface area contributed by atoms with Gasteiger partial charge in [-0.1, -0.05) is 5.11 Å². The Morgan fingerprint density at radius 3 is 2.79 bits per heavy atom.